The van der Waals surface area contributed by atoms with E-state index in [0.29, 0.717) is 53.7 Å². The molecule has 1 saturated heterocycles. The molecule has 3 aromatic heterocycles. The number of piperidine rings is 1. The van der Waals surface area contributed by atoms with Crippen molar-refractivity contribution in [2.24, 2.45) is 24.1 Å². The zero-order valence-corrected chi connectivity index (χ0v) is 56.8. The second-order valence-electron chi connectivity index (χ2n) is 27.1. The highest BCUT2D eigenvalue weighted by Crippen LogP contribution is 2.49. The average Bonchev–Trinajstić information content (AvgIpc) is 1.47. The average molecular weight is 1370 g/mol. The van der Waals surface area contributed by atoms with Gasteiger partial charge in [0, 0.05) is 79.1 Å². The lowest BCUT2D eigenvalue weighted by molar-refractivity contribution is -0.172. The van der Waals surface area contributed by atoms with Gasteiger partial charge in [-0.25, -0.2) is 18.9 Å². The van der Waals surface area contributed by atoms with Crippen molar-refractivity contribution in [1.29, 1.82) is 0 Å². The van der Waals surface area contributed by atoms with Crippen molar-refractivity contribution in [2.45, 2.75) is 161 Å². The minimum atomic E-state index is -2.10. The first-order chi connectivity index (χ1) is 48.0. The van der Waals surface area contributed by atoms with Gasteiger partial charge >= 0.3 is 5.97 Å². The predicted molar refractivity (Wildman–Crippen MR) is 361 cm³/mol. The lowest BCUT2D eigenvalue weighted by Gasteiger charge is -2.45. The van der Waals surface area contributed by atoms with Gasteiger partial charge in [0.2, 0.25) is 47.3 Å². The summed E-state index contributed by atoms with van der Waals surface area (Å²) in [6.45, 7) is 7.97. The third kappa shape index (κ3) is 14.0. The molecule has 2 aliphatic carbocycles. The van der Waals surface area contributed by atoms with Crippen molar-refractivity contribution in [3.05, 3.63) is 116 Å². The summed E-state index contributed by atoms with van der Waals surface area (Å²) in [5.74, 6) is -5.49. The summed E-state index contributed by atoms with van der Waals surface area (Å²) in [6.07, 6.45) is 5.06. The Morgan fingerprint density at radius 1 is 0.790 bits per heavy atom. The Morgan fingerprint density at radius 2 is 1.48 bits per heavy atom. The number of likely N-dealkylation sites (tertiary alicyclic amines) is 1. The molecule has 2 fully saturated rings. The number of fused-ring (bicyclic) bond motifs is 10. The quantitative estimate of drug-likeness (QED) is 0.0350. The molecule has 528 valence electrons. The Bertz CT molecular complexity index is 4340. The van der Waals surface area contributed by atoms with Gasteiger partial charge in [-0.05, 0) is 118 Å². The maximum atomic E-state index is 15.6. The van der Waals surface area contributed by atoms with Crippen molar-refractivity contribution in [3.63, 3.8) is 0 Å². The number of hydrogen-bond donors (Lipinski definition) is 7. The van der Waals surface area contributed by atoms with Crippen LogP contribution in [0.25, 0.3) is 44.8 Å². The van der Waals surface area contributed by atoms with Gasteiger partial charge in [-0.3, -0.25) is 43.2 Å². The molecule has 5 atom stereocenters. The van der Waals surface area contributed by atoms with Gasteiger partial charge in [0.05, 0.1) is 92.2 Å². The molecule has 3 aromatic carbocycles. The van der Waals surface area contributed by atoms with E-state index < -0.39 is 83.1 Å². The summed E-state index contributed by atoms with van der Waals surface area (Å²) in [5, 5.41) is 34.4. The Labute approximate surface area is 575 Å². The van der Waals surface area contributed by atoms with Gasteiger partial charge in [0.15, 0.2) is 5.60 Å². The van der Waals surface area contributed by atoms with E-state index in [4.69, 9.17) is 24.9 Å². The van der Waals surface area contributed by atoms with Gasteiger partial charge < -0.3 is 66.0 Å². The predicted octanol–water partition coefficient (Wildman–Crippen LogP) is 4.13. The van der Waals surface area contributed by atoms with Crippen molar-refractivity contribution >= 4 is 69.8 Å². The zero-order chi connectivity index (χ0) is 70.9. The van der Waals surface area contributed by atoms with E-state index in [9.17, 15) is 53.1 Å². The van der Waals surface area contributed by atoms with Gasteiger partial charge in [0.25, 0.3) is 5.56 Å². The van der Waals surface area contributed by atoms with Crippen molar-refractivity contribution < 1.29 is 66.9 Å². The third-order valence-electron chi connectivity index (χ3n) is 21.0. The number of rotatable bonds is 23. The Morgan fingerprint density at radius 3 is 2.21 bits per heavy atom. The van der Waals surface area contributed by atoms with Crippen LogP contribution in [0.3, 0.4) is 0 Å². The number of primary amides is 1. The summed E-state index contributed by atoms with van der Waals surface area (Å²) in [7, 11) is 1.84. The van der Waals surface area contributed by atoms with Crippen LogP contribution in [-0.4, -0.2) is 152 Å². The van der Waals surface area contributed by atoms with E-state index >= 15 is 4.39 Å². The van der Waals surface area contributed by atoms with Crippen LogP contribution in [0.15, 0.2) is 65.5 Å². The summed E-state index contributed by atoms with van der Waals surface area (Å²) in [4.78, 5) is 143. The minimum absolute atomic E-state index is 0.00119. The molecule has 4 aliphatic heterocycles. The van der Waals surface area contributed by atoms with Crippen LogP contribution >= 0.6 is 0 Å². The zero-order valence-electron chi connectivity index (χ0n) is 56.8. The summed E-state index contributed by atoms with van der Waals surface area (Å²) >= 11 is 0. The van der Waals surface area contributed by atoms with Gasteiger partial charge in [-0.2, -0.15) is 0 Å². The van der Waals surface area contributed by atoms with E-state index in [-0.39, 0.29) is 135 Å². The van der Waals surface area contributed by atoms with E-state index in [0.717, 1.165) is 72.3 Å². The number of aryl methyl sites for hydroxylation is 2. The second kappa shape index (κ2) is 29.2. The first-order valence-electron chi connectivity index (χ1n) is 34.4. The van der Waals surface area contributed by atoms with E-state index in [1.54, 1.807) is 23.4 Å². The molecule has 5 unspecified atom stereocenters. The van der Waals surface area contributed by atoms with Crippen LogP contribution in [0.5, 0.6) is 0 Å². The number of carbonyl (C=O) groups is 9. The molecule has 12 rings (SSSR count). The number of anilines is 1. The minimum Gasteiger partial charge on any atom is -0.458 e. The number of carbonyl (C=O) groups excluding carboxylic acids is 9. The summed E-state index contributed by atoms with van der Waals surface area (Å²) in [5.41, 5.74) is 11.2. The number of nitrogens with zero attached hydrogens (tertiary/aromatic N) is 7. The standard InChI is InChI=1S/C72H84FN13O14/c1-6-72(97)49-33-55-62-47(37-86(55)69(95)48(49)38-100-70(72)96)61-51(16-15-44-39(2)50(73)34-52(78-62)60(44)61)79-68(94)53(35-56(74)87)80-66(92)41(4)77-65(91)40(3)76-57(88)20-29-98-31-32-99-30-21-58(89)84-27-24-71(25-28-84)22-17-42(18-23-71)67(93)75-26-19-59(90)85-36-43-11-7-8-12-45(43)63-64(83(5)82-81-63)46-13-9-10-14-54(46)85/h7-14,33-34,40-42,51,53,97H,6,15-32,35-38H2,1-5H3,(H2,74,87)(H,75,93)(H,76,88)(H,77,91)(H,79,94)(H,80,92). The van der Waals surface area contributed by atoms with E-state index in [1.807, 2.05) is 60.5 Å². The van der Waals surface area contributed by atoms with Crippen LogP contribution in [-0.2, 0) is 96.1 Å². The highest BCUT2D eigenvalue weighted by Gasteiger charge is 2.47. The van der Waals surface area contributed by atoms with Crippen LogP contribution < -0.4 is 42.8 Å². The number of cyclic esters (lactones) is 1. The number of nitrogens with two attached hydrogens (primary N) is 1. The maximum Gasteiger partial charge on any atom is 0.343 e. The van der Waals surface area contributed by atoms with Crippen molar-refractivity contribution in [1.82, 2.24) is 56.0 Å². The number of aliphatic hydroxyl groups is 1. The van der Waals surface area contributed by atoms with Gasteiger partial charge in [0.1, 0.15) is 36.2 Å². The largest absolute Gasteiger partial charge is 0.458 e. The number of halogens is 1. The molecule has 7 heterocycles. The number of para-hydroxylation sites is 1. The van der Waals surface area contributed by atoms with Crippen LogP contribution in [0.1, 0.15) is 143 Å². The monoisotopic (exact) mass is 1370 g/mol. The number of amides is 8. The Balaban J connectivity index is 0.535. The second-order valence-corrected chi connectivity index (χ2v) is 27.1. The fourth-order valence-corrected chi connectivity index (χ4v) is 15.2. The number of benzene rings is 3. The van der Waals surface area contributed by atoms with Crippen molar-refractivity contribution in [2.75, 3.05) is 51.0 Å². The number of aromatic nitrogens is 5. The molecule has 6 aliphatic rings. The topological polar surface area (TPSA) is 360 Å². The highest BCUT2D eigenvalue weighted by molar-refractivity contribution is 6.01. The number of ether oxygens (including phenoxy) is 3. The molecule has 100 heavy (non-hydrogen) atoms. The fraction of sp³-hybridized carbons (Fsp3) is 0.486. The number of nitrogens with one attached hydrogen (secondary N) is 5. The number of esters is 1. The summed E-state index contributed by atoms with van der Waals surface area (Å²) in [6, 6.07) is 13.7. The van der Waals surface area contributed by atoms with Crippen LogP contribution in [0.4, 0.5) is 10.1 Å². The first kappa shape index (κ1) is 70.1. The highest BCUT2D eigenvalue weighted by atomic mass is 19.1. The summed E-state index contributed by atoms with van der Waals surface area (Å²) < 4.78 is 35.2. The van der Waals surface area contributed by atoms with E-state index in [2.05, 4.69) is 36.9 Å². The third-order valence-corrected chi connectivity index (χ3v) is 21.0. The Kier molecular flexibility index (Phi) is 20.5. The number of pyridine rings is 2. The molecule has 0 radical (unpaired) electrons. The molecule has 6 aromatic rings. The first-order valence-corrected chi connectivity index (χ1v) is 34.4. The Hall–Kier alpha value is -9.80. The molecular formula is C72H84FN13O14. The smallest absolute Gasteiger partial charge is 0.343 e. The van der Waals surface area contributed by atoms with E-state index in [1.165, 1.54) is 30.5 Å². The fourth-order valence-electron chi connectivity index (χ4n) is 15.2. The lowest BCUT2D eigenvalue weighted by Crippen LogP contribution is -2.56. The van der Waals surface area contributed by atoms with Gasteiger partial charge in [-0.15, -0.1) is 5.10 Å². The molecular weight excluding hydrogens is 1290 g/mol. The molecule has 28 heteroatoms. The normalized spacial score (nSPS) is 18.8. The molecule has 1 saturated carbocycles. The molecule has 1 spiro atoms. The lowest BCUT2D eigenvalue weighted by atomic mass is 9.65. The molecule has 8 amide bonds. The van der Waals surface area contributed by atoms with Gasteiger partial charge in [-0.1, -0.05) is 54.6 Å². The number of hydrogen-bond acceptors (Lipinski definition) is 17. The molecule has 8 N–H and O–H groups in total. The molecule has 27 nitrogen and oxygen atoms in total. The van der Waals surface area contributed by atoms with Crippen LogP contribution in [0.2, 0.25) is 0 Å². The van der Waals surface area contributed by atoms with Crippen molar-refractivity contribution in [3.8, 4) is 33.9 Å². The maximum absolute atomic E-state index is 15.6. The van der Waals surface area contributed by atoms with Crippen LogP contribution in [0, 0.1) is 24.1 Å². The SMILES string of the molecule is CCC1(O)C(=O)OCc2c1cc1n(c2=O)Cc2c-1nc1cc(F)c(C)c3c1c2C(NC(=O)C(CC(N)=O)NC(=O)C(C)NC(=O)C(C)NC(=O)CCOCCOCCC(=O)N1CCC2(CCC(C(=O)NCCC(=O)N4Cc5ccccc5-c5nnn(C)c5-c5ccccc54)CC2)CC1)CC3. The molecule has 0 bridgehead atoms.